The van der Waals surface area contributed by atoms with Crippen LogP contribution in [0.1, 0.15) is 11.1 Å². The number of amides is 2. The molecule has 2 N–H and O–H groups in total. The van der Waals surface area contributed by atoms with Crippen molar-refractivity contribution in [2.24, 2.45) is 0 Å². The van der Waals surface area contributed by atoms with E-state index in [0.29, 0.717) is 17.7 Å². The Morgan fingerprint density at radius 2 is 1.58 bits per heavy atom. The Kier molecular flexibility index (Phi) is 7.17. The number of carbonyl (C=O) groups is 2. The highest BCUT2D eigenvalue weighted by molar-refractivity contribution is 6.39. The van der Waals surface area contributed by atoms with Crippen LogP contribution >= 0.6 is 0 Å². The zero-order valence-electron chi connectivity index (χ0n) is 17.2. The van der Waals surface area contributed by atoms with Crippen molar-refractivity contribution in [3.05, 3.63) is 59.7 Å². The molecule has 0 bridgehead atoms. The molecule has 1 aliphatic heterocycles. The molecule has 166 valence electrons. The lowest BCUT2D eigenvalue weighted by molar-refractivity contribution is -0.137. The first-order chi connectivity index (χ1) is 14.7. The second kappa shape index (κ2) is 9.82. The molecule has 0 atom stereocenters. The summed E-state index contributed by atoms with van der Waals surface area (Å²) in [6.45, 7) is 3.60. The summed E-state index contributed by atoms with van der Waals surface area (Å²) in [7, 11) is 2.06. The first kappa shape index (κ1) is 22.6. The van der Waals surface area contributed by atoms with Crippen LogP contribution in [-0.4, -0.2) is 56.5 Å². The van der Waals surface area contributed by atoms with Gasteiger partial charge >= 0.3 is 18.0 Å². The van der Waals surface area contributed by atoms with Crippen LogP contribution in [0.5, 0.6) is 0 Å². The van der Waals surface area contributed by atoms with E-state index >= 15 is 0 Å². The number of rotatable bonds is 5. The zero-order chi connectivity index (χ0) is 22.4. The fourth-order valence-electron chi connectivity index (χ4n) is 3.34. The van der Waals surface area contributed by atoms with Crippen molar-refractivity contribution in [2.75, 3.05) is 50.0 Å². The molecule has 0 aromatic heterocycles. The fourth-order valence-corrected chi connectivity index (χ4v) is 3.34. The van der Waals surface area contributed by atoms with Gasteiger partial charge in [-0.15, -0.1) is 0 Å². The van der Waals surface area contributed by atoms with Crippen molar-refractivity contribution in [1.29, 1.82) is 0 Å². The second-order valence-corrected chi connectivity index (χ2v) is 7.46. The molecular formula is C22H25F3N4O2. The van der Waals surface area contributed by atoms with Crippen LogP contribution in [0.2, 0.25) is 0 Å². The Hall–Kier alpha value is -3.07. The molecule has 31 heavy (non-hydrogen) atoms. The largest absolute Gasteiger partial charge is 0.416 e. The molecule has 2 aromatic rings. The molecule has 1 fully saturated rings. The Labute approximate surface area is 179 Å². The van der Waals surface area contributed by atoms with Gasteiger partial charge in [-0.25, -0.2) is 0 Å². The van der Waals surface area contributed by atoms with E-state index in [1.54, 1.807) is 12.1 Å². The number of carbonyl (C=O) groups excluding carboxylic acids is 2. The van der Waals surface area contributed by atoms with Crippen molar-refractivity contribution < 1.29 is 22.8 Å². The van der Waals surface area contributed by atoms with Gasteiger partial charge in [-0.05, 0) is 43.3 Å². The molecule has 9 heteroatoms. The molecule has 2 amide bonds. The van der Waals surface area contributed by atoms with Gasteiger partial charge < -0.3 is 20.4 Å². The van der Waals surface area contributed by atoms with Gasteiger partial charge in [0.15, 0.2) is 0 Å². The average molecular weight is 434 g/mol. The standard InChI is InChI=1S/C22H25F3N4O2/c1-28-12-14-29(15-13-28)19-5-3-2-4-18(19)27-21(31)20(30)26-11-10-16-6-8-17(9-7-16)22(23,24)25/h2-9H,10-15H2,1H3,(H,26,30)(H,27,31). The maximum atomic E-state index is 12.6. The Morgan fingerprint density at radius 3 is 2.23 bits per heavy atom. The molecule has 3 rings (SSSR count). The Morgan fingerprint density at radius 1 is 0.935 bits per heavy atom. The van der Waals surface area contributed by atoms with Crippen molar-refractivity contribution in [3.63, 3.8) is 0 Å². The summed E-state index contributed by atoms with van der Waals surface area (Å²) in [6.07, 6.45) is -4.07. The van der Waals surface area contributed by atoms with E-state index in [2.05, 4.69) is 27.5 Å². The van der Waals surface area contributed by atoms with Crippen LogP contribution in [0.25, 0.3) is 0 Å². The molecule has 0 unspecified atom stereocenters. The van der Waals surface area contributed by atoms with Crippen molar-refractivity contribution in [3.8, 4) is 0 Å². The highest BCUT2D eigenvalue weighted by Gasteiger charge is 2.29. The average Bonchev–Trinajstić information content (AvgIpc) is 2.74. The predicted octanol–water partition coefficient (Wildman–Crippen LogP) is 2.75. The van der Waals surface area contributed by atoms with Crippen LogP contribution in [-0.2, 0) is 22.2 Å². The van der Waals surface area contributed by atoms with E-state index in [1.807, 2.05) is 12.1 Å². The van der Waals surface area contributed by atoms with Gasteiger partial charge in [0.05, 0.1) is 16.9 Å². The topological polar surface area (TPSA) is 64.7 Å². The van der Waals surface area contributed by atoms with Crippen LogP contribution < -0.4 is 15.5 Å². The minimum absolute atomic E-state index is 0.137. The molecule has 0 aliphatic carbocycles. The molecule has 6 nitrogen and oxygen atoms in total. The van der Waals surface area contributed by atoms with E-state index in [4.69, 9.17) is 0 Å². The molecule has 1 saturated heterocycles. The SMILES string of the molecule is CN1CCN(c2ccccc2NC(=O)C(=O)NCCc2ccc(C(F)(F)F)cc2)CC1. The van der Waals surface area contributed by atoms with E-state index in [9.17, 15) is 22.8 Å². The van der Waals surface area contributed by atoms with Gasteiger partial charge in [0.1, 0.15) is 0 Å². The molecule has 0 saturated carbocycles. The molecular weight excluding hydrogens is 409 g/mol. The zero-order valence-corrected chi connectivity index (χ0v) is 17.2. The number of halogens is 3. The van der Waals surface area contributed by atoms with Crippen LogP contribution in [0.3, 0.4) is 0 Å². The number of hydrogen-bond donors (Lipinski definition) is 2. The van der Waals surface area contributed by atoms with Gasteiger partial charge in [-0.1, -0.05) is 24.3 Å². The maximum Gasteiger partial charge on any atom is 0.416 e. The van der Waals surface area contributed by atoms with Crippen molar-refractivity contribution in [1.82, 2.24) is 10.2 Å². The van der Waals surface area contributed by atoms with E-state index in [0.717, 1.165) is 44.0 Å². The number of nitrogens with zero attached hydrogens (tertiary/aromatic N) is 2. The Balaban J connectivity index is 1.51. The van der Waals surface area contributed by atoms with Gasteiger partial charge in [0, 0.05) is 32.7 Å². The number of anilines is 2. The smallest absolute Gasteiger partial charge is 0.367 e. The minimum Gasteiger partial charge on any atom is -0.367 e. The highest BCUT2D eigenvalue weighted by Crippen LogP contribution is 2.29. The normalized spacial score (nSPS) is 14.9. The molecule has 1 heterocycles. The lowest BCUT2D eigenvalue weighted by Gasteiger charge is -2.35. The van der Waals surface area contributed by atoms with E-state index in [1.165, 1.54) is 12.1 Å². The predicted molar refractivity (Wildman–Crippen MR) is 113 cm³/mol. The lowest BCUT2D eigenvalue weighted by Crippen LogP contribution is -2.45. The summed E-state index contributed by atoms with van der Waals surface area (Å²) < 4.78 is 37.8. The first-order valence-corrected chi connectivity index (χ1v) is 10.0. The van der Waals surface area contributed by atoms with Crippen LogP contribution in [0.4, 0.5) is 24.5 Å². The molecule has 0 spiro atoms. The van der Waals surface area contributed by atoms with Crippen molar-refractivity contribution in [2.45, 2.75) is 12.6 Å². The summed E-state index contributed by atoms with van der Waals surface area (Å²) in [4.78, 5) is 28.9. The molecule has 0 radical (unpaired) electrons. The highest BCUT2D eigenvalue weighted by atomic mass is 19.4. The van der Waals surface area contributed by atoms with Gasteiger partial charge in [0.25, 0.3) is 0 Å². The summed E-state index contributed by atoms with van der Waals surface area (Å²) >= 11 is 0. The molecule has 2 aromatic carbocycles. The third kappa shape index (κ3) is 6.21. The Bertz CT molecular complexity index is 908. The summed E-state index contributed by atoms with van der Waals surface area (Å²) in [6, 6.07) is 12.1. The van der Waals surface area contributed by atoms with Gasteiger partial charge in [-0.2, -0.15) is 13.2 Å². The van der Waals surface area contributed by atoms with Gasteiger partial charge in [0.2, 0.25) is 0 Å². The van der Waals surface area contributed by atoms with Crippen LogP contribution in [0.15, 0.2) is 48.5 Å². The number of para-hydroxylation sites is 2. The second-order valence-electron chi connectivity index (χ2n) is 7.46. The minimum atomic E-state index is -4.38. The van der Waals surface area contributed by atoms with Crippen molar-refractivity contribution >= 4 is 23.2 Å². The summed E-state index contributed by atoms with van der Waals surface area (Å²) in [5.41, 5.74) is 1.34. The quantitative estimate of drug-likeness (QED) is 0.711. The number of alkyl halides is 3. The summed E-state index contributed by atoms with van der Waals surface area (Å²) in [5.74, 6) is -1.57. The van der Waals surface area contributed by atoms with Gasteiger partial charge in [-0.3, -0.25) is 9.59 Å². The monoisotopic (exact) mass is 434 g/mol. The maximum absolute atomic E-state index is 12.6. The molecule has 1 aliphatic rings. The third-order valence-electron chi connectivity index (χ3n) is 5.18. The lowest BCUT2D eigenvalue weighted by atomic mass is 10.1. The number of piperazine rings is 1. The number of benzene rings is 2. The van der Waals surface area contributed by atoms with E-state index in [-0.39, 0.29) is 6.54 Å². The van der Waals surface area contributed by atoms with Crippen LogP contribution in [0, 0.1) is 0 Å². The third-order valence-corrected chi connectivity index (χ3v) is 5.18. The summed E-state index contributed by atoms with van der Waals surface area (Å²) in [5, 5.41) is 5.17. The number of hydrogen-bond acceptors (Lipinski definition) is 4. The number of likely N-dealkylation sites (N-methyl/N-ethyl adjacent to an activating group) is 1. The fraction of sp³-hybridized carbons (Fsp3) is 0.364. The van der Waals surface area contributed by atoms with E-state index < -0.39 is 23.6 Å². The first-order valence-electron chi connectivity index (χ1n) is 10.0. The number of nitrogens with one attached hydrogen (secondary N) is 2.